The summed E-state index contributed by atoms with van der Waals surface area (Å²) in [5.74, 6) is -0.611. The molecule has 0 radical (unpaired) electrons. The number of benzene rings is 2. The fourth-order valence-electron chi connectivity index (χ4n) is 2.02. The molecule has 0 fully saturated rings. The van der Waals surface area contributed by atoms with Crippen molar-refractivity contribution in [3.63, 3.8) is 0 Å². The van der Waals surface area contributed by atoms with E-state index in [0.29, 0.717) is 11.3 Å². The van der Waals surface area contributed by atoms with E-state index in [9.17, 15) is 17.6 Å². The van der Waals surface area contributed by atoms with Crippen molar-refractivity contribution in [2.24, 2.45) is 0 Å². The summed E-state index contributed by atoms with van der Waals surface area (Å²) in [6.07, 6.45) is 1.02. The van der Waals surface area contributed by atoms with Crippen LogP contribution in [0.5, 0.6) is 5.75 Å². The van der Waals surface area contributed by atoms with Gasteiger partial charge in [0.2, 0.25) is 10.0 Å². The summed E-state index contributed by atoms with van der Waals surface area (Å²) in [6.45, 7) is 0. The normalized spacial score (nSPS) is 11.0. The Balaban J connectivity index is 2.38. The van der Waals surface area contributed by atoms with Crippen LogP contribution in [0.1, 0.15) is 10.4 Å². The Morgan fingerprint density at radius 3 is 2.54 bits per heavy atom. The lowest BCUT2D eigenvalue weighted by Crippen LogP contribution is -2.26. The molecule has 6 nitrogen and oxygen atoms in total. The number of carbonyl (C=O) groups excluding carboxylic acids is 1. The van der Waals surface area contributed by atoms with Gasteiger partial charge in [0.05, 0.1) is 24.7 Å². The molecule has 128 valence electrons. The molecule has 0 unspecified atom stereocenters. The van der Waals surface area contributed by atoms with Crippen LogP contribution < -0.4 is 14.4 Å². The molecule has 0 aliphatic carbocycles. The molecule has 0 spiro atoms. The highest BCUT2D eigenvalue weighted by Gasteiger charge is 2.18. The number of hydrogen-bond donors (Lipinski definition) is 1. The van der Waals surface area contributed by atoms with Gasteiger partial charge in [-0.3, -0.25) is 9.10 Å². The van der Waals surface area contributed by atoms with Gasteiger partial charge in [0, 0.05) is 12.6 Å². The monoisotopic (exact) mass is 352 g/mol. The fraction of sp³-hybridized carbons (Fsp3) is 0.188. The predicted molar refractivity (Wildman–Crippen MR) is 90.6 cm³/mol. The number of methoxy groups -OCH3 is 1. The van der Waals surface area contributed by atoms with Crippen molar-refractivity contribution in [3.05, 3.63) is 53.8 Å². The molecule has 0 bridgehead atoms. The quantitative estimate of drug-likeness (QED) is 0.897. The van der Waals surface area contributed by atoms with Gasteiger partial charge in [-0.05, 0) is 36.4 Å². The molecule has 0 aromatic heterocycles. The third-order valence-electron chi connectivity index (χ3n) is 3.38. The number of anilines is 2. The molecule has 0 aliphatic rings. The molecule has 1 amide bonds. The number of halogens is 1. The minimum Gasteiger partial charge on any atom is -0.497 e. The number of ether oxygens (including phenoxy) is 1. The minimum atomic E-state index is -3.56. The van der Waals surface area contributed by atoms with Gasteiger partial charge in [0.25, 0.3) is 5.91 Å². The zero-order valence-corrected chi connectivity index (χ0v) is 14.2. The van der Waals surface area contributed by atoms with Gasteiger partial charge in [-0.1, -0.05) is 6.07 Å². The maximum atomic E-state index is 13.5. The lowest BCUT2D eigenvalue weighted by molar-refractivity contribution is 0.102. The van der Waals surface area contributed by atoms with Crippen molar-refractivity contribution < 1.29 is 22.3 Å². The number of rotatable bonds is 5. The topological polar surface area (TPSA) is 75.7 Å². The Morgan fingerprint density at radius 2 is 1.92 bits per heavy atom. The number of sulfonamides is 1. The molecule has 2 aromatic carbocycles. The lowest BCUT2D eigenvalue weighted by Gasteiger charge is -2.20. The first-order valence-electron chi connectivity index (χ1n) is 6.91. The van der Waals surface area contributed by atoms with Crippen LogP contribution in [0.15, 0.2) is 42.5 Å². The smallest absolute Gasteiger partial charge is 0.255 e. The molecule has 8 heteroatoms. The molecular weight excluding hydrogens is 335 g/mol. The van der Waals surface area contributed by atoms with Crippen molar-refractivity contribution in [2.45, 2.75) is 0 Å². The van der Waals surface area contributed by atoms with Gasteiger partial charge < -0.3 is 10.1 Å². The predicted octanol–water partition coefficient (Wildman–Crippen LogP) is 2.48. The van der Waals surface area contributed by atoms with Crippen LogP contribution in [-0.2, 0) is 10.0 Å². The third-order valence-corrected chi connectivity index (χ3v) is 4.57. The van der Waals surface area contributed by atoms with Gasteiger partial charge in [-0.2, -0.15) is 0 Å². The van der Waals surface area contributed by atoms with E-state index in [1.54, 1.807) is 18.2 Å². The van der Waals surface area contributed by atoms with Crippen molar-refractivity contribution in [1.82, 2.24) is 0 Å². The summed E-state index contributed by atoms with van der Waals surface area (Å²) in [4.78, 5) is 12.4. The van der Waals surface area contributed by atoms with E-state index in [2.05, 4.69) is 5.32 Å². The third kappa shape index (κ3) is 4.02. The van der Waals surface area contributed by atoms with E-state index in [4.69, 9.17) is 4.74 Å². The first kappa shape index (κ1) is 17.7. The molecular formula is C16H17FN2O4S. The van der Waals surface area contributed by atoms with Crippen LogP contribution in [0.3, 0.4) is 0 Å². The maximum Gasteiger partial charge on any atom is 0.255 e. The van der Waals surface area contributed by atoms with Crippen molar-refractivity contribution in [2.75, 3.05) is 30.0 Å². The molecule has 1 N–H and O–H groups in total. The highest BCUT2D eigenvalue weighted by atomic mass is 32.2. The van der Waals surface area contributed by atoms with Gasteiger partial charge in [-0.25, -0.2) is 12.8 Å². The van der Waals surface area contributed by atoms with E-state index < -0.39 is 21.7 Å². The van der Waals surface area contributed by atoms with Crippen molar-refractivity contribution in [1.29, 1.82) is 0 Å². The van der Waals surface area contributed by atoms with Crippen LogP contribution in [0.4, 0.5) is 15.8 Å². The molecule has 0 saturated heterocycles. The number of carbonyl (C=O) groups is 1. The fourth-order valence-corrected chi connectivity index (χ4v) is 2.54. The van der Waals surface area contributed by atoms with E-state index in [1.807, 2.05) is 0 Å². The number of nitrogens with one attached hydrogen (secondary N) is 1. The highest BCUT2D eigenvalue weighted by molar-refractivity contribution is 7.92. The summed E-state index contributed by atoms with van der Waals surface area (Å²) < 4.78 is 43.0. The summed E-state index contributed by atoms with van der Waals surface area (Å²) in [6, 6.07) is 9.89. The molecule has 0 aliphatic heterocycles. The van der Waals surface area contributed by atoms with Gasteiger partial charge in [0.15, 0.2) is 0 Å². The van der Waals surface area contributed by atoms with Crippen LogP contribution >= 0.6 is 0 Å². The van der Waals surface area contributed by atoms with Crippen molar-refractivity contribution >= 4 is 27.3 Å². The first-order chi connectivity index (χ1) is 11.2. The number of hydrogen-bond acceptors (Lipinski definition) is 4. The number of amides is 1. The minimum absolute atomic E-state index is 0.0516. The Morgan fingerprint density at radius 1 is 1.21 bits per heavy atom. The second-order valence-corrected chi connectivity index (χ2v) is 7.09. The molecule has 2 rings (SSSR count). The second-order valence-electron chi connectivity index (χ2n) is 5.08. The molecule has 0 saturated carbocycles. The Labute approximate surface area is 139 Å². The molecule has 24 heavy (non-hydrogen) atoms. The standard InChI is InChI=1S/C16H17FN2O4S/c1-19(24(3,21)22)15-8-7-12(17)10-14(15)18-16(20)11-5-4-6-13(9-11)23-2/h4-10H,1-3H3,(H,18,20). The van der Waals surface area contributed by atoms with Gasteiger partial charge >= 0.3 is 0 Å². The van der Waals surface area contributed by atoms with E-state index in [0.717, 1.165) is 22.7 Å². The largest absolute Gasteiger partial charge is 0.497 e. The average molecular weight is 352 g/mol. The summed E-state index contributed by atoms with van der Waals surface area (Å²) in [7, 11) is -0.765. The first-order valence-corrected chi connectivity index (χ1v) is 8.76. The zero-order chi connectivity index (χ0) is 17.9. The Hall–Kier alpha value is -2.61. The molecule has 0 heterocycles. The second kappa shape index (κ2) is 6.88. The summed E-state index contributed by atoms with van der Waals surface area (Å²) in [5.41, 5.74) is 0.512. The SMILES string of the molecule is COc1cccc(C(=O)Nc2cc(F)ccc2N(C)S(C)(=O)=O)c1. The number of nitrogens with zero attached hydrogens (tertiary/aromatic N) is 1. The molecule has 2 aromatic rings. The van der Waals surface area contributed by atoms with Crippen LogP contribution in [-0.4, -0.2) is 34.7 Å². The van der Waals surface area contributed by atoms with Crippen molar-refractivity contribution in [3.8, 4) is 5.75 Å². The van der Waals surface area contributed by atoms with Gasteiger partial charge in [-0.15, -0.1) is 0 Å². The Bertz CT molecular complexity index is 868. The zero-order valence-electron chi connectivity index (χ0n) is 13.4. The van der Waals surface area contributed by atoms with Crippen LogP contribution in [0.25, 0.3) is 0 Å². The summed E-state index contributed by atoms with van der Waals surface area (Å²) in [5, 5.41) is 2.53. The van der Waals surface area contributed by atoms with Crippen LogP contribution in [0.2, 0.25) is 0 Å². The lowest BCUT2D eigenvalue weighted by atomic mass is 10.2. The summed E-state index contributed by atoms with van der Waals surface area (Å²) >= 11 is 0. The molecule has 0 atom stereocenters. The average Bonchev–Trinajstić information content (AvgIpc) is 2.53. The van der Waals surface area contributed by atoms with Gasteiger partial charge in [0.1, 0.15) is 11.6 Å². The highest BCUT2D eigenvalue weighted by Crippen LogP contribution is 2.28. The van der Waals surface area contributed by atoms with E-state index in [1.165, 1.54) is 26.3 Å². The van der Waals surface area contributed by atoms with Crippen LogP contribution in [0, 0.1) is 5.82 Å². The Kier molecular flexibility index (Phi) is 5.08. The maximum absolute atomic E-state index is 13.5. The van der Waals surface area contributed by atoms with E-state index in [-0.39, 0.29) is 11.4 Å². The van der Waals surface area contributed by atoms with E-state index >= 15 is 0 Å².